The van der Waals surface area contributed by atoms with Gasteiger partial charge >= 0.3 is 0 Å². The van der Waals surface area contributed by atoms with Gasteiger partial charge in [-0.15, -0.1) is 0 Å². The third kappa shape index (κ3) is 4.36. The van der Waals surface area contributed by atoms with Crippen LogP contribution in [0.4, 0.5) is 4.39 Å². The summed E-state index contributed by atoms with van der Waals surface area (Å²) < 4.78 is 14.1. The zero-order valence-corrected chi connectivity index (χ0v) is 16.8. The van der Waals surface area contributed by atoms with Gasteiger partial charge in [-0.3, -0.25) is 9.59 Å². The molecule has 0 bridgehead atoms. The molecule has 2 unspecified atom stereocenters. The Kier molecular flexibility index (Phi) is 6.35. The normalized spacial score (nSPS) is 17.9. The summed E-state index contributed by atoms with van der Waals surface area (Å²) >= 11 is 5.89. The van der Waals surface area contributed by atoms with E-state index in [1.807, 2.05) is 6.92 Å². The second-order valence-electron chi connectivity index (χ2n) is 7.24. The lowest BCUT2D eigenvalue weighted by molar-refractivity contribution is -0.137. The van der Waals surface area contributed by atoms with Crippen LogP contribution in [0.15, 0.2) is 48.5 Å². The average molecular weight is 403 g/mol. The van der Waals surface area contributed by atoms with E-state index in [4.69, 9.17) is 11.6 Å². The zero-order chi connectivity index (χ0) is 20.3. The van der Waals surface area contributed by atoms with Crippen molar-refractivity contribution < 1.29 is 14.0 Å². The van der Waals surface area contributed by atoms with E-state index in [1.165, 1.54) is 6.07 Å². The molecule has 4 nitrogen and oxygen atoms in total. The Morgan fingerprint density at radius 1 is 1.18 bits per heavy atom. The van der Waals surface area contributed by atoms with E-state index in [1.54, 1.807) is 59.3 Å². The molecule has 2 aromatic carbocycles. The number of likely N-dealkylation sites (tertiary alicyclic amines) is 1. The second kappa shape index (κ2) is 8.74. The van der Waals surface area contributed by atoms with Gasteiger partial charge in [0.2, 0.25) is 5.91 Å². The quantitative estimate of drug-likeness (QED) is 0.752. The molecule has 0 spiro atoms. The third-order valence-electron chi connectivity index (χ3n) is 5.43. The van der Waals surface area contributed by atoms with Crippen LogP contribution in [-0.2, 0) is 4.79 Å². The van der Waals surface area contributed by atoms with Crippen LogP contribution in [0.2, 0.25) is 5.02 Å². The number of piperidine rings is 1. The molecule has 0 aliphatic carbocycles. The monoisotopic (exact) mass is 402 g/mol. The molecule has 148 valence electrons. The number of benzene rings is 2. The minimum absolute atomic E-state index is 0.0654. The first-order valence-corrected chi connectivity index (χ1v) is 9.82. The molecule has 1 aliphatic rings. The van der Waals surface area contributed by atoms with E-state index >= 15 is 0 Å². The standard InChI is InChI=1S/C22H24ClFN2O2/c1-15(19-7-3-4-8-20(19)24)25(2)21(27)17-6-5-13-26(14-17)22(28)16-9-11-18(23)12-10-16/h3-4,7-12,15,17H,5-6,13-14H2,1-2H3. The number of hydrogen-bond acceptors (Lipinski definition) is 2. The number of hydrogen-bond donors (Lipinski definition) is 0. The van der Waals surface area contributed by atoms with Gasteiger partial charge in [0.15, 0.2) is 0 Å². The predicted molar refractivity (Wildman–Crippen MR) is 108 cm³/mol. The summed E-state index contributed by atoms with van der Waals surface area (Å²) in [5.41, 5.74) is 1.05. The second-order valence-corrected chi connectivity index (χ2v) is 7.68. The molecule has 1 aliphatic heterocycles. The van der Waals surface area contributed by atoms with E-state index < -0.39 is 0 Å². The lowest BCUT2D eigenvalue weighted by Gasteiger charge is -2.36. The van der Waals surface area contributed by atoms with E-state index in [9.17, 15) is 14.0 Å². The van der Waals surface area contributed by atoms with E-state index in [0.29, 0.717) is 29.2 Å². The van der Waals surface area contributed by atoms with Crippen molar-refractivity contribution in [3.8, 4) is 0 Å². The maximum Gasteiger partial charge on any atom is 0.253 e. The highest BCUT2D eigenvalue weighted by Gasteiger charge is 2.32. The Morgan fingerprint density at radius 3 is 2.54 bits per heavy atom. The number of carbonyl (C=O) groups is 2. The van der Waals surface area contributed by atoms with Crippen LogP contribution in [0.5, 0.6) is 0 Å². The molecule has 0 aromatic heterocycles. The lowest BCUT2D eigenvalue weighted by Crippen LogP contribution is -2.46. The van der Waals surface area contributed by atoms with Crippen molar-refractivity contribution in [3.63, 3.8) is 0 Å². The lowest BCUT2D eigenvalue weighted by atomic mass is 9.94. The molecule has 1 saturated heterocycles. The average Bonchev–Trinajstić information content (AvgIpc) is 2.72. The summed E-state index contributed by atoms with van der Waals surface area (Å²) in [4.78, 5) is 29.1. The molecule has 2 atom stereocenters. The Bertz CT molecular complexity index is 856. The first kappa shape index (κ1) is 20.3. The van der Waals surface area contributed by atoms with E-state index in [2.05, 4.69) is 0 Å². The molecule has 0 N–H and O–H groups in total. The molecule has 28 heavy (non-hydrogen) atoms. The minimum Gasteiger partial charge on any atom is -0.339 e. The molecular weight excluding hydrogens is 379 g/mol. The van der Waals surface area contributed by atoms with Gasteiger partial charge in [0.05, 0.1) is 12.0 Å². The molecule has 0 radical (unpaired) electrons. The van der Waals surface area contributed by atoms with Gasteiger partial charge in [-0.2, -0.15) is 0 Å². The van der Waals surface area contributed by atoms with Crippen LogP contribution in [0.1, 0.15) is 41.7 Å². The Labute approximate surface area is 169 Å². The predicted octanol–water partition coefficient (Wildman–Crippen LogP) is 4.55. The van der Waals surface area contributed by atoms with Crippen LogP contribution >= 0.6 is 11.6 Å². The van der Waals surface area contributed by atoms with Gasteiger partial charge in [-0.25, -0.2) is 4.39 Å². The van der Waals surface area contributed by atoms with Crippen LogP contribution < -0.4 is 0 Å². The molecule has 0 saturated carbocycles. The van der Waals surface area contributed by atoms with Crippen LogP contribution in [0, 0.1) is 11.7 Å². The fourth-order valence-corrected chi connectivity index (χ4v) is 3.77. The van der Waals surface area contributed by atoms with Gasteiger partial charge in [-0.05, 0) is 50.1 Å². The van der Waals surface area contributed by atoms with Crippen molar-refractivity contribution in [2.24, 2.45) is 5.92 Å². The summed E-state index contributed by atoms with van der Waals surface area (Å²) in [6.45, 7) is 2.81. The van der Waals surface area contributed by atoms with Crippen molar-refractivity contribution in [2.75, 3.05) is 20.1 Å². The van der Waals surface area contributed by atoms with Gasteiger partial charge in [0, 0.05) is 36.3 Å². The topological polar surface area (TPSA) is 40.6 Å². The van der Waals surface area contributed by atoms with E-state index in [0.717, 1.165) is 12.8 Å². The van der Waals surface area contributed by atoms with Crippen molar-refractivity contribution in [2.45, 2.75) is 25.8 Å². The smallest absolute Gasteiger partial charge is 0.253 e. The van der Waals surface area contributed by atoms with Crippen LogP contribution in [-0.4, -0.2) is 41.8 Å². The Hall–Kier alpha value is -2.40. The highest BCUT2D eigenvalue weighted by Crippen LogP contribution is 2.26. The SMILES string of the molecule is CC(c1ccccc1F)N(C)C(=O)C1CCCN(C(=O)c2ccc(Cl)cc2)C1. The van der Waals surface area contributed by atoms with Gasteiger partial charge in [0.1, 0.15) is 5.82 Å². The van der Waals surface area contributed by atoms with Gasteiger partial charge in [0.25, 0.3) is 5.91 Å². The zero-order valence-electron chi connectivity index (χ0n) is 16.1. The molecular formula is C22H24ClFN2O2. The summed E-state index contributed by atoms with van der Waals surface area (Å²) in [7, 11) is 1.69. The maximum atomic E-state index is 14.1. The van der Waals surface area contributed by atoms with Crippen molar-refractivity contribution in [3.05, 3.63) is 70.5 Å². The van der Waals surface area contributed by atoms with Crippen molar-refractivity contribution >= 4 is 23.4 Å². The molecule has 1 heterocycles. The minimum atomic E-state index is -0.379. The third-order valence-corrected chi connectivity index (χ3v) is 5.68. The number of halogens is 2. The summed E-state index contributed by atoms with van der Waals surface area (Å²) in [6.07, 6.45) is 1.48. The number of carbonyl (C=O) groups excluding carboxylic acids is 2. The first-order valence-electron chi connectivity index (χ1n) is 9.44. The highest BCUT2D eigenvalue weighted by atomic mass is 35.5. The first-order chi connectivity index (χ1) is 13.4. The molecule has 3 rings (SSSR count). The van der Waals surface area contributed by atoms with E-state index in [-0.39, 0.29) is 29.6 Å². The summed E-state index contributed by atoms with van der Waals surface area (Å²) in [6, 6.07) is 12.9. The number of amides is 2. The number of rotatable bonds is 4. The van der Waals surface area contributed by atoms with Crippen LogP contribution in [0.3, 0.4) is 0 Å². The van der Waals surface area contributed by atoms with Crippen molar-refractivity contribution in [1.29, 1.82) is 0 Å². The largest absolute Gasteiger partial charge is 0.339 e. The van der Waals surface area contributed by atoms with Crippen molar-refractivity contribution in [1.82, 2.24) is 9.80 Å². The fraction of sp³-hybridized carbons (Fsp3) is 0.364. The molecule has 2 aromatic rings. The fourth-order valence-electron chi connectivity index (χ4n) is 3.64. The number of nitrogens with zero attached hydrogens (tertiary/aromatic N) is 2. The maximum absolute atomic E-state index is 14.1. The molecule has 2 amide bonds. The van der Waals surface area contributed by atoms with Gasteiger partial charge in [-0.1, -0.05) is 29.8 Å². The van der Waals surface area contributed by atoms with Crippen LogP contribution in [0.25, 0.3) is 0 Å². The Balaban J connectivity index is 1.69. The molecule has 1 fully saturated rings. The van der Waals surface area contributed by atoms with Gasteiger partial charge < -0.3 is 9.80 Å². The Morgan fingerprint density at radius 2 is 1.86 bits per heavy atom. The summed E-state index contributed by atoms with van der Waals surface area (Å²) in [5.74, 6) is -0.773. The highest BCUT2D eigenvalue weighted by molar-refractivity contribution is 6.30. The molecule has 6 heteroatoms. The summed E-state index contributed by atoms with van der Waals surface area (Å²) in [5, 5.41) is 0.576.